The second-order valence-electron chi connectivity index (χ2n) is 5.46. The lowest BCUT2D eigenvalue weighted by Crippen LogP contribution is -2.25. The number of hydrogen-bond donors (Lipinski definition) is 0. The summed E-state index contributed by atoms with van der Waals surface area (Å²) in [5.74, 6) is 0. The van der Waals surface area contributed by atoms with Crippen molar-refractivity contribution in [2.45, 2.75) is 0 Å². The molecule has 0 bridgehead atoms. The van der Waals surface area contributed by atoms with Crippen LogP contribution in [0.5, 0.6) is 0 Å². The van der Waals surface area contributed by atoms with Crippen molar-refractivity contribution in [1.29, 1.82) is 5.26 Å². The molecule has 0 spiro atoms. The van der Waals surface area contributed by atoms with Gasteiger partial charge in [0.05, 0.1) is 7.05 Å². The summed E-state index contributed by atoms with van der Waals surface area (Å²) < 4.78 is 6.03. The molecule has 5 heteroatoms. The van der Waals surface area contributed by atoms with E-state index in [2.05, 4.69) is 74.3 Å². The zero-order valence-electron chi connectivity index (χ0n) is 13.8. The van der Waals surface area contributed by atoms with Gasteiger partial charge in [-0.2, -0.15) is 5.26 Å². The summed E-state index contributed by atoms with van der Waals surface area (Å²) in [5.41, 5.74) is 0. The molecular weight excluding hydrogens is 471 g/mol. The summed E-state index contributed by atoms with van der Waals surface area (Å²) in [6.07, 6.45) is 0. The fraction of sp³-hybridized carbons (Fsp3) is 0. The van der Waals surface area contributed by atoms with Gasteiger partial charge in [-0.3, -0.25) is 0 Å². The highest BCUT2D eigenvalue weighted by Gasteiger charge is 2.27. The molecule has 0 heterocycles. The van der Waals surface area contributed by atoms with Crippen LogP contribution < -0.4 is 15.9 Å². The van der Waals surface area contributed by atoms with E-state index in [4.69, 9.17) is 4.74 Å². The van der Waals surface area contributed by atoms with Gasteiger partial charge in [0.2, 0.25) is 0 Å². The highest BCUT2D eigenvalue weighted by atomic mass is 79.9. The summed E-state index contributed by atoms with van der Waals surface area (Å²) in [7, 11) is -2.34. The Hall–Kier alpha value is -1.92. The van der Waals surface area contributed by atoms with E-state index in [1.54, 1.807) is 0 Å². The largest absolute Gasteiger partial charge is 0.244 e. The second-order valence-corrected chi connectivity index (χ2v) is 10.0. The number of nitriles is 1. The number of hydrogen-bond acceptors (Lipinski definition) is 2. The molecule has 0 fully saturated rings. The minimum Gasteiger partial charge on any atom is -0.244 e. The van der Waals surface area contributed by atoms with Crippen LogP contribution >= 0.6 is 38.9 Å². The van der Waals surface area contributed by atoms with Gasteiger partial charge in [0, 0.05) is 15.9 Å². The molecule has 0 saturated heterocycles. The maximum absolute atomic E-state index is 9.28. The third-order valence-corrected chi connectivity index (χ3v) is 9.48. The van der Waals surface area contributed by atoms with Crippen molar-refractivity contribution in [2.75, 3.05) is 0 Å². The first-order valence-electron chi connectivity index (χ1n) is 7.93. The SMILES string of the molecule is N#C/C(Br)=C(/Br)N=P(c1ccccc1)(c1ccccc1)c1ccccc1. The van der Waals surface area contributed by atoms with E-state index in [0.717, 1.165) is 15.9 Å². The first-order valence-corrected chi connectivity index (χ1v) is 11.3. The average molecular weight is 486 g/mol. The summed E-state index contributed by atoms with van der Waals surface area (Å²) in [4.78, 5) is 0. The van der Waals surface area contributed by atoms with Crippen LogP contribution in [0.4, 0.5) is 0 Å². The molecule has 0 amide bonds. The van der Waals surface area contributed by atoms with Crippen LogP contribution in [0, 0.1) is 11.3 Å². The van der Waals surface area contributed by atoms with E-state index < -0.39 is 7.05 Å². The fourth-order valence-electron chi connectivity index (χ4n) is 2.77. The van der Waals surface area contributed by atoms with Crippen molar-refractivity contribution in [3.8, 4) is 6.07 Å². The zero-order chi connectivity index (χ0) is 18.4. The minimum atomic E-state index is -2.34. The van der Waals surface area contributed by atoms with Crippen LogP contribution in [-0.2, 0) is 0 Å². The lowest BCUT2D eigenvalue weighted by atomic mass is 10.4. The Bertz CT molecular complexity index is 905. The van der Waals surface area contributed by atoms with Gasteiger partial charge in [-0.05, 0) is 31.9 Å². The Morgan fingerprint density at radius 1 is 0.692 bits per heavy atom. The Kier molecular flexibility index (Phi) is 6.27. The number of benzene rings is 3. The third-order valence-electron chi connectivity index (χ3n) is 3.91. The average Bonchev–Trinajstić information content (AvgIpc) is 2.73. The van der Waals surface area contributed by atoms with Crippen molar-refractivity contribution in [3.05, 3.63) is 100 Å². The smallest absolute Gasteiger partial charge is 0.130 e. The van der Waals surface area contributed by atoms with Crippen LogP contribution in [0.2, 0.25) is 0 Å². The van der Waals surface area contributed by atoms with Crippen LogP contribution in [0.1, 0.15) is 0 Å². The molecule has 3 rings (SSSR count). The quantitative estimate of drug-likeness (QED) is 0.267. The molecule has 0 aliphatic carbocycles. The molecule has 0 radical (unpaired) electrons. The molecule has 2 nitrogen and oxygen atoms in total. The van der Waals surface area contributed by atoms with Crippen LogP contribution in [0.15, 0.2) is 105 Å². The van der Waals surface area contributed by atoms with Gasteiger partial charge in [0.15, 0.2) is 0 Å². The van der Waals surface area contributed by atoms with E-state index in [-0.39, 0.29) is 0 Å². The summed E-state index contributed by atoms with van der Waals surface area (Å²) in [6, 6.07) is 33.0. The lowest BCUT2D eigenvalue weighted by molar-refractivity contribution is 1.50. The summed E-state index contributed by atoms with van der Waals surface area (Å²) >= 11 is 6.81. The Morgan fingerprint density at radius 3 is 1.35 bits per heavy atom. The van der Waals surface area contributed by atoms with Gasteiger partial charge in [-0.15, -0.1) is 0 Å². The Balaban J connectivity index is 2.49. The molecule has 3 aromatic rings. The Morgan fingerprint density at radius 2 is 1.04 bits per heavy atom. The fourth-order valence-corrected chi connectivity index (χ4v) is 7.22. The first kappa shape index (κ1) is 18.9. The topological polar surface area (TPSA) is 36.1 Å². The normalized spacial score (nSPS) is 12.0. The third kappa shape index (κ3) is 3.76. The van der Waals surface area contributed by atoms with Crippen LogP contribution in [0.3, 0.4) is 0 Å². The molecule has 26 heavy (non-hydrogen) atoms. The van der Waals surface area contributed by atoms with Crippen molar-refractivity contribution in [3.63, 3.8) is 0 Å². The summed E-state index contributed by atoms with van der Waals surface area (Å²) in [5, 5.41) is 12.7. The molecule has 0 atom stereocenters. The maximum Gasteiger partial charge on any atom is 0.130 e. The monoisotopic (exact) mass is 484 g/mol. The Labute approximate surface area is 170 Å². The van der Waals surface area contributed by atoms with Crippen molar-refractivity contribution in [2.24, 2.45) is 4.74 Å². The van der Waals surface area contributed by atoms with Gasteiger partial charge < -0.3 is 0 Å². The zero-order valence-corrected chi connectivity index (χ0v) is 17.8. The van der Waals surface area contributed by atoms with Crippen molar-refractivity contribution >= 4 is 54.8 Å². The van der Waals surface area contributed by atoms with Gasteiger partial charge in [-0.1, -0.05) is 91.0 Å². The molecular formula is C21H15Br2N2P. The molecule has 0 saturated carbocycles. The van der Waals surface area contributed by atoms with E-state index in [1.165, 1.54) is 0 Å². The number of allylic oxidation sites excluding steroid dienone is 1. The number of nitrogens with zero attached hydrogens (tertiary/aromatic N) is 2. The van der Waals surface area contributed by atoms with E-state index in [1.807, 2.05) is 54.6 Å². The highest BCUT2D eigenvalue weighted by Crippen LogP contribution is 2.49. The van der Waals surface area contributed by atoms with Gasteiger partial charge in [0.1, 0.15) is 15.2 Å². The molecule has 0 aliphatic rings. The molecule has 0 aliphatic heterocycles. The second kappa shape index (κ2) is 8.64. The van der Waals surface area contributed by atoms with Gasteiger partial charge >= 0.3 is 0 Å². The molecule has 0 aromatic heterocycles. The molecule has 128 valence electrons. The predicted molar refractivity (Wildman–Crippen MR) is 118 cm³/mol. The minimum absolute atomic E-state index is 0.379. The number of halogens is 2. The van der Waals surface area contributed by atoms with Gasteiger partial charge in [-0.25, -0.2) is 4.74 Å². The van der Waals surface area contributed by atoms with Crippen molar-refractivity contribution < 1.29 is 0 Å². The molecule has 3 aromatic carbocycles. The number of rotatable bonds is 4. The summed E-state index contributed by atoms with van der Waals surface area (Å²) in [6.45, 7) is 0. The van der Waals surface area contributed by atoms with Crippen molar-refractivity contribution in [1.82, 2.24) is 0 Å². The van der Waals surface area contributed by atoms with E-state index in [0.29, 0.717) is 9.09 Å². The molecule has 0 N–H and O–H groups in total. The van der Waals surface area contributed by atoms with Crippen LogP contribution in [0.25, 0.3) is 0 Å². The highest BCUT2D eigenvalue weighted by molar-refractivity contribution is 9.14. The maximum atomic E-state index is 9.28. The van der Waals surface area contributed by atoms with Crippen LogP contribution in [-0.4, -0.2) is 0 Å². The first-order chi connectivity index (χ1) is 12.7. The molecule has 0 unspecified atom stereocenters. The standard InChI is InChI=1S/C21H15Br2N2P/c22-20(16-24)21(23)25-26(17-10-4-1-5-11-17,18-12-6-2-7-13-18)19-14-8-3-9-15-19/h1-15H/b21-20+. The lowest BCUT2D eigenvalue weighted by Gasteiger charge is -2.26. The van der Waals surface area contributed by atoms with E-state index >= 15 is 0 Å². The van der Waals surface area contributed by atoms with E-state index in [9.17, 15) is 5.26 Å². The predicted octanol–water partition coefficient (Wildman–Crippen LogP) is 5.65. The van der Waals surface area contributed by atoms with Gasteiger partial charge in [0.25, 0.3) is 0 Å².